The van der Waals surface area contributed by atoms with Crippen molar-refractivity contribution >= 4 is 11.8 Å². The van der Waals surface area contributed by atoms with E-state index in [0.29, 0.717) is 37.6 Å². The lowest BCUT2D eigenvalue weighted by Gasteiger charge is -2.32. The van der Waals surface area contributed by atoms with Crippen LogP contribution in [0, 0.1) is 5.92 Å². The summed E-state index contributed by atoms with van der Waals surface area (Å²) in [5.41, 5.74) is 0.628. The van der Waals surface area contributed by atoms with Crippen LogP contribution in [0.25, 0.3) is 0 Å². The Labute approximate surface area is 167 Å². The minimum atomic E-state index is -0.0716. The highest BCUT2D eigenvalue weighted by Gasteiger charge is 2.24. The fourth-order valence-corrected chi connectivity index (χ4v) is 3.69. The highest BCUT2D eigenvalue weighted by Crippen LogP contribution is 2.18. The first-order chi connectivity index (χ1) is 13.5. The van der Waals surface area contributed by atoms with Crippen molar-refractivity contribution in [3.05, 3.63) is 29.8 Å². The lowest BCUT2D eigenvalue weighted by Crippen LogP contribution is -2.46. The van der Waals surface area contributed by atoms with Gasteiger partial charge in [0.15, 0.2) is 0 Å². The van der Waals surface area contributed by atoms with Crippen molar-refractivity contribution in [3.63, 3.8) is 0 Å². The lowest BCUT2D eigenvalue weighted by atomic mass is 10.0. The van der Waals surface area contributed by atoms with Gasteiger partial charge in [-0.05, 0) is 55.9 Å². The summed E-state index contributed by atoms with van der Waals surface area (Å²) < 4.78 is 11.3. The van der Waals surface area contributed by atoms with Gasteiger partial charge in [0, 0.05) is 37.7 Å². The topological polar surface area (TPSA) is 67.9 Å². The molecule has 1 unspecified atom stereocenters. The van der Waals surface area contributed by atoms with E-state index in [1.54, 1.807) is 12.1 Å². The number of carbonyl (C=O) groups is 2. The molecule has 0 aliphatic carbocycles. The molecule has 6 nitrogen and oxygen atoms in total. The number of amides is 2. The molecule has 2 aliphatic rings. The molecular formula is C22H32N2O4. The van der Waals surface area contributed by atoms with E-state index in [0.717, 1.165) is 38.0 Å². The van der Waals surface area contributed by atoms with Gasteiger partial charge in [0.2, 0.25) is 5.91 Å². The first-order valence-corrected chi connectivity index (χ1v) is 10.4. The van der Waals surface area contributed by atoms with Crippen LogP contribution >= 0.6 is 0 Å². The zero-order valence-corrected chi connectivity index (χ0v) is 17.0. The molecule has 0 aromatic heterocycles. The first-order valence-electron chi connectivity index (χ1n) is 10.4. The van der Waals surface area contributed by atoms with Crippen molar-refractivity contribution in [1.82, 2.24) is 10.2 Å². The van der Waals surface area contributed by atoms with Crippen LogP contribution in [0.3, 0.4) is 0 Å². The largest absolute Gasteiger partial charge is 0.491 e. The Morgan fingerprint density at radius 3 is 2.50 bits per heavy atom. The maximum absolute atomic E-state index is 12.5. The summed E-state index contributed by atoms with van der Waals surface area (Å²) in [7, 11) is 0. The molecule has 28 heavy (non-hydrogen) atoms. The molecule has 1 aromatic rings. The van der Waals surface area contributed by atoms with E-state index in [2.05, 4.69) is 19.2 Å². The third kappa shape index (κ3) is 5.96. The Kier molecular flexibility index (Phi) is 7.31. The Morgan fingerprint density at radius 2 is 1.89 bits per heavy atom. The first kappa shape index (κ1) is 20.6. The molecule has 0 radical (unpaired) electrons. The van der Waals surface area contributed by atoms with Crippen LogP contribution in [0.2, 0.25) is 0 Å². The smallest absolute Gasteiger partial charge is 0.251 e. The molecule has 2 fully saturated rings. The fourth-order valence-electron chi connectivity index (χ4n) is 3.69. The molecule has 0 spiro atoms. The van der Waals surface area contributed by atoms with Crippen LogP contribution in [-0.4, -0.2) is 55.2 Å². The van der Waals surface area contributed by atoms with E-state index >= 15 is 0 Å². The van der Waals surface area contributed by atoms with Gasteiger partial charge >= 0.3 is 0 Å². The second-order valence-corrected chi connectivity index (χ2v) is 8.20. The maximum atomic E-state index is 12.5. The summed E-state index contributed by atoms with van der Waals surface area (Å²) in [5.74, 6) is 1.28. The van der Waals surface area contributed by atoms with E-state index in [9.17, 15) is 9.59 Å². The number of nitrogens with zero attached hydrogens (tertiary/aromatic N) is 1. The quantitative estimate of drug-likeness (QED) is 0.780. The van der Waals surface area contributed by atoms with Gasteiger partial charge in [-0.3, -0.25) is 9.59 Å². The number of rotatable bonds is 7. The van der Waals surface area contributed by atoms with E-state index in [-0.39, 0.29) is 24.0 Å². The van der Waals surface area contributed by atoms with E-state index in [4.69, 9.17) is 9.47 Å². The predicted octanol–water partition coefficient (Wildman–Crippen LogP) is 3.01. The summed E-state index contributed by atoms with van der Waals surface area (Å²) in [5, 5.41) is 3.09. The predicted molar refractivity (Wildman–Crippen MR) is 107 cm³/mol. The molecule has 3 rings (SSSR count). The second kappa shape index (κ2) is 9.92. The number of benzene rings is 1. The minimum Gasteiger partial charge on any atom is -0.491 e. The van der Waals surface area contributed by atoms with Crippen molar-refractivity contribution in [3.8, 4) is 5.75 Å². The van der Waals surface area contributed by atoms with Crippen LogP contribution in [0.15, 0.2) is 24.3 Å². The summed E-state index contributed by atoms with van der Waals surface area (Å²) in [6, 6.07) is 7.36. The summed E-state index contributed by atoms with van der Waals surface area (Å²) in [4.78, 5) is 26.6. The Hall–Kier alpha value is -2.08. The van der Waals surface area contributed by atoms with Gasteiger partial charge in [-0.15, -0.1) is 0 Å². The van der Waals surface area contributed by atoms with Crippen LogP contribution < -0.4 is 10.1 Å². The standard InChI is InChI=1S/C22H32N2O4/c1-16(2)14-21(25)24-11-9-18(10-12-24)23-22(26)17-5-7-19(8-6-17)28-15-20-4-3-13-27-20/h5-8,16,18,20H,3-4,9-15H2,1-2H3,(H,23,26). The number of hydrogen-bond donors (Lipinski definition) is 1. The highest BCUT2D eigenvalue weighted by molar-refractivity contribution is 5.94. The monoisotopic (exact) mass is 388 g/mol. The molecule has 1 atom stereocenters. The maximum Gasteiger partial charge on any atom is 0.251 e. The van der Waals surface area contributed by atoms with Crippen LogP contribution in [0.4, 0.5) is 0 Å². The van der Waals surface area contributed by atoms with Gasteiger partial charge in [0.1, 0.15) is 12.4 Å². The second-order valence-electron chi connectivity index (χ2n) is 8.20. The number of carbonyl (C=O) groups excluding carboxylic acids is 2. The van der Waals surface area contributed by atoms with Gasteiger partial charge in [-0.1, -0.05) is 13.8 Å². The molecule has 1 aromatic carbocycles. The van der Waals surface area contributed by atoms with Crippen LogP contribution in [0.5, 0.6) is 5.75 Å². The third-order valence-corrected chi connectivity index (χ3v) is 5.34. The number of piperidine rings is 1. The molecule has 0 saturated carbocycles. The Bertz CT molecular complexity index is 645. The van der Waals surface area contributed by atoms with Crippen LogP contribution in [-0.2, 0) is 9.53 Å². The number of nitrogens with one attached hydrogen (secondary N) is 1. The zero-order valence-electron chi connectivity index (χ0n) is 17.0. The van der Waals surface area contributed by atoms with Crippen molar-refractivity contribution in [1.29, 1.82) is 0 Å². The van der Waals surface area contributed by atoms with Crippen molar-refractivity contribution < 1.29 is 19.1 Å². The molecule has 1 N–H and O–H groups in total. The van der Waals surface area contributed by atoms with Crippen molar-refractivity contribution in [2.24, 2.45) is 5.92 Å². The van der Waals surface area contributed by atoms with Gasteiger partial charge in [-0.25, -0.2) is 0 Å². The summed E-state index contributed by atoms with van der Waals surface area (Å²) in [6.45, 7) is 6.92. The molecule has 0 bridgehead atoms. The molecular weight excluding hydrogens is 356 g/mol. The average Bonchev–Trinajstić information content (AvgIpc) is 3.20. The van der Waals surface area contributed by atoms with Gasteiger partial charge in [0.25, 0.3) is 5.91 Å². The molecule has 2 heterocycles. The number of hydrogen-bond acceptors (Lipinski definition) is 4. The molecule has 6 heteroatoms. The normalized spacial score (nSPS) is 20.4. The van der Waals surface area contributed by atoms with Crippen LogP contribution in [0.1, 0.15) is 56.3 Å². The fraction of sp³-hybridized carbons (Fsp3) is 0.636. The van der Waals surface area contributed by atoms with Gasteiger partial charge in [-0.2, -0.15) is 0 Å². The van der Waals surface area contributed by atoms with Crippen molar-refractivity contribution in [2.75, 3.05) is 26.3 Å². The van der Waals surface area contributed by atoms with Crippen molar-refractivity contribution in [2.45, 2.75) is 58.1 Å². The number of likely N-dealkylation sites (tertiary alicyclic amines) is 1. The minimum absolute atomic E-state index is 0.0716. The molecule has 2 amide bonds. The Morgan fingerprint density at radius 1 is 1.18 bits per heavy atom. The SMILES string of the molecule is CC(C)CC(=O)N1CCC(NC(=O)c2ccc(OCC3CCCO3)cc2)CC1. The molecule has 2 saturated heterocycles. The highest BCUT2D eigenvalue weighted by atomic mass is 16.5. The third-order valence-electron chi connectivity index (χ3n) is 5.34. The van der Waals surface area contributed by atoms with E-state index in [1.165, 1.54) is 0 Å². The molecule has 154 valence electrons. The summed E-state index contributed by atoms with van der Waals surface area (Å²) in [6.07, 6.45) is 4.52. The van der Waals surface area contributed by atoms with Gasteiger partial charge < -0.3 is 19.7 Å². The summed E-state index contributed by atoms with van der Waals surface area (Å²) >= 11 is 0. The Balaban J connectivity index is 1.41. The number of ether oxygens (including phenoxy) is 2. The van der Waals surface area contributed by atoms with E-state index < -0.39 is 0 Å². The lowest BCUT2D eigenvalue weighted by molar-refractivity contribution is -0.133. The van der Waals surface area contributed by atoms with Gasteiger partial charge in [0.05, 0.1) is 6.10 Å². The average molecular weight is 389 g/mol. The zero-order chi connectivity index (χ0) is 19.9. The van der Waals surface area contributed by atoms with E-state index in [1.807, 2.05) is 17.0 Å². The molecule has 2 aliphatic heterocycles.